The molecule has 2 N–H and O–H groups in total. The van der Waals surface area contributed by atoms with E-state index in [1.807, 2.05) is 27.7 Å². The van der Waals surface area contributed by atoms with E-state index in [9.17, 15) is 24.6 Å². The van der Waals surface area contributed by atoms with Crippen molar-refractivity contribution in [2.75, 3.05) is 0 Å². The van der Waals surface area contributed by atoms with Crippen molar-refractivity contribution in [3.8, 4) is 0 Å². The third-order valence-corrected chi connectivity index (χ3v) is 5.11. The number of carbonyl (C=O) groups is 3. The van der Waals surface area contributed by atoms with Crippen LogP contribution in [0.3, 0.4) is 0 Å². The summed E-state index contributed by atoms with van der Waals surface area (Å²) in [6, 6.07) is 0. The first-order chi connectivity index (χ1) is 12.0. The summed E-state index contributed by atoms with van der Waals surface area (Å²) in [4.78, 5) is 38.2. The molecule has 146 valence electrons. The summed E-state index contributed by atoms with van der Waals surface area (Å²) < 4.78 is 0. The number of carbonyl (C=O) groups excluding carboxylic acids is 3. The Hall–Kier alpha value is -1.75. The van der Waals surface area contributed by atoms with E-state index in [2.05, 4.69) is 0 Å². The van der Waals surface area contributed by atoms with Crippen LogP contribution in [0, 0.1) is 17.8 Å². The summed E-state index contributed by atoms with van der Waals surface area (Å²) in [6.07, 6.45) is 2.93. The number of aliphatic hydroxyl groups is 2. The first-order valence-electron chi connectivity index (χ1n) is 9.39. The fraction of sp³-hybridized carbons (Fsp3) is 0.667. The SMILES string of the molecule is CCC(C)C(=O)C1=C(O)[C@](O)(C(=O)CCC(C)C)[C@H](CC=C(C)C)C1=O. The van der Waals surface area contributed by atoms with Crippen molar-refractivity contribution in [1.29, 1.82) is 0 Å². The third kappa shape index (κ3) is 4.32. The molecular weight excluding hydrogens is 332 g/mol. The number of hydrogen-bond acceptors (Lipinski definition) is 5. The highest BCUT2D eigenvalue weighted by Gasteiger charge is 2.58. The lowest BCUT2D eigenvalue weighted by atomic mass is 9.80. The molecule has 1 unspecified atom stereocenters. The number of ketones is 3. The molecule has 1 rings (SSSR count). The zero-order valence-electron chi connectivity index (χ0n) is 16.8. The molecule has 0 radical (unpaired) electrons. The topological polar surface area (TPSA) is 91.7 Å². The van der Waals surface area contributed by atoms with Crippen LogP contribution in [0.2, 0.25) is 0 Å². The lowest BCUT2D eigenvalue weighted by Gasteiger charge is -2.28. The molecule has 5 nitrogen and oxygen atoms in total. The van der Waals surface area contributed by atoms with E-state index in [-0.39, 0.29) is 18.8 Å². The first kappa shape index (κ1) is 22.3. The van der Waals surface area contributed by atoms with E-state index in [4.69, 9.17) is 0 Å². The van der Waals surface area contributed by atoms with Gasteiger partial charge in [0.15, 0.2) is 23.0 Å². The van der Waals surface area contributed by atoms with Crippen molar-refractivity contribution < 1.29 is 24.6 Å². The van der Waals surface area contributed by atoms with E-state index in [0.717, 1.165) is 5.57 Å². The standard InChI is InChI=1S/C21H32O5/c1-7-14(6)18(23)17-19(24)15(10-8-12(2)3)21(26,20(17)25)16(22)11-9-13(4)5/h8,13-15,25-26H,7,9-11H2,1-6H3/t14?,15-,21-/m1/s1. The minimum Gasteiger partial charge on any atom is -0.508 e. The molecule has 0 saturated carbocycles. The van der Waals surface area contributed by atoms with Gasteiger partial charge in [0.25, 0.3) is 0 Å². The van der Waals surface area contributed by atoms with Crippen molar-refractivity contribution >= 4 is 17.3 Å². The average molecular weight is 364 g/mol. The van der Waals surface area contributed by atoms with Gasteiger partial charge in [0.05, 0.1) is 5.92 Å². The summed E-state index contributed by atoms with van der Waals surface area (Å²) in [7, 11) is 0. The van der Waals surface area contributed by atoms with Crippen LogP contribution >= 0.6 is 0 Å². The Balaban J connectivity index is 3.38. The smallest absolute Gasteiger partial charge is 0.191 e. The van der Waals surface area contributed by atoms with Crippen LogP contribution in [0.1, 0.15) is 67.2 Å². The first-order valence-corrected chi connectivity index (χ1v) is 9.39. The molecule has 0 heterocycles. The fourth-order valence-electron chi connectivity index (χ4n) is 3.07. The van der Waals surface area contributed by atoms with Gasteiger partial charge in [-0.05, 0) is 39.0 Å². The number of hydrogen-bond donors (Lipinski definition) is 2. The lowest BCUT2D eigenvalue weighted by Crippen LogP contribution is -2.46. The van der Waals surface area contributed by atoms with E-state index in [1.54, 1.807) is 19.9 Å². The number of rotatable bonds is 9. The Morgan fingerprint density at radius 1 is 1.23 bits per heavy atom. The lowest BCUT2D eigenvalue weighted by molar-refractivity contribution is -0.145. The van der Waals surface area contributed by atoms with Crippen LogP contribution in [-0.4, -0.2) is 33.2 Å². The molecule has 0 aromatic carbocycles. The Morgan fingerprint density at radius 2 is 1.81 bits per heavy atom. The molecule has 0 aliphatic heterocycles. The van der Waals surface area contributed by atoms with E-state index in [0.29, 0.717) is 12.8 Å². The second kappa shape index (κ2) is 8.76. The molecule has 1 aliphatic rings. The molecule has 0 fully saturated rings. The zero-order chi connectivity index (χ0) is 20.2. The van der Waals surface area contributed by atoms with Crippen molar-refractivity contribution in [3.63, 3.8) is 0 Å². The van der Waals surface area contributed by atoms with Crippen molar-refractivity contribution in [1.82, 2.24) is 0 Å². The Morgan fingerprint density at radius 3 is 2.27 bits per heavy atom. The monoisotopic (exact) mass is 364 g/mol. The summed E-state index contributed by atoms with van der Waals surface area (Å²) in [5.74, 6) is -3.88. The molecule has 0 aromatic rings. The second-order valence-electron chi connectivity index (χ2n) is 7.95. The summed E-state index contributed by atoms with van der Waals surface area (Å²) >= 11 is 0. The molecule has 0 amide bonds. The summed E-state index contributed by atoms with van der Waals surface area (Å²) in [5.41, 5.74) is -1.78. The molecule has 1 aliphatic carbocycles. The van der Waals surface area contributed by atoms with Gasteiger partial charge in [-0.3, -0.25) is 14.4 Å². The van der Waals surface area contributed by atoms with Gasteiger partial charge in [0.2, 0.25) is 0 Å². The highest BCUT2D eigenvalue weighted by Crippen LogP contribution is 2.42. The third-order valence-electron chi connectivity index (χ3n) is 5.11. The maximum Gasteiger partial charge on any atom is 0.191 e. The van der Waals surface area contributed by atoms with Crippen LogP contribution in [-0.2, 0) is 14.4 Å². The maximum atomic E-state index is 12.9. The summed E-state index contributed by atoms with van der Waals surface area (Å²) in [6.45, 7) is 11.1. The number of aliphatic hydroxyl groups excluding tert-OH is 1. The molecule has 0 spiro atoms. The van der Waals surface area contributed by atoms with Crippen molar-refractivity contribution in [2.45, 2.75) is 72.8 Å². The normalized spacial score (nSPS) is 24.2. The Kier molecular flexibility index (Phi) is 7.51. The van der Waals surface area contributed by atoms with Gasteiger partial charge in [-0.25, -0.2) is 0 Å². The van der Waals surface area contributed by atoms with E-state index < -0.39 is 46.1 Å². The van der Waals surface area contributed by atoms with Crippen LogP contribution in [0.25, 0.3) is 0 Å². The van der Waals surface area contributed by atoms with Gasteiger partial charge >= 0.3 is 0 Å². The van der Waals surface area contributed by atoms with Crippen LogP contribution in [0.15, 0.2) is 23.0 Å². The molecule has 3 atom stereocenters. The van der Waals surface area contributed by atoms with Gasteiger partial charge in [-0.1, -0.05) is 39.3 Å². The van der Waals surface area contributed by atoms with Gasteiger partial charge in [0, 0.05) is 12.3 Å². The largest absolute Gasteiger partial charge is 0.508 e. The van der Waals surface area contributed by atoms with Crippen LogP contribution < -0.4 is 0 Å². The fourth-order valence-corrected chi connectivity index (χ4v) is 3.07. The summed E-state index contributed by atoms with van der Waals surface area (Å²) in [5, 5.41) is 21.7. The molecule has 0 aromatic heterocycles. The zero-order valence-corrected chi connectivity index (χ0v) is 16.8. The van der Waals surface area contributed by atoms with Crippen LogP contribution in [0.4, 0.5) is 0 Å². The number of Topliss-reactive ketones (excluding diaryl/α,β-unsaturated/α-hetero) is 3. The van der Waals surface area contributed by atoms with Gasteiger partial charge in [-0.2, -0.15) is 0 Å². The minimum absolute atomic E-state index is 0.0433. The Bertz CT molecular complexity index is 637. The van der Waals surface area contributed by atoms with E-state index in [1.165, 1.54) is 0 Å². The highest BCUT2D eigenvalue weighted by atomic mass is 16.3. The average Bonchev–Trinajstić information content (AvgIpc) is 2.76. The van der Waals surface area contributed by atoms with E-state index >= 15 is 0 Å². The highest BCUT2D eigenvalue weighted by molar-refractivity contribution is 6.26. The molecular formula is C21H32O5. The predicted molar refractivity (Wildman–Crippen MR) is 101 cm³/mol. The molecule has 0 saturated heterocycles. The van der Waals surface area contributed by atoms with Crippen molar-refractivity contribution in [2.24, 2.45) is 17.8 Å². The molecule has 26 heavy (non-hydrogen) atoms. The molecule has 0 bridgehead atoms. The predicted octanol–water partition coefficient (Wildman–Crippen LogP) is 3.71. The van der Waals surface area contributed by atoms with Crippen LogP contribution in [0.5, 0.6) is 0 Å². The maximum absolute atomic E-state index is 12.9. The second-order valence-corrected chi connectivity index (χ2v) is 7.95. The quantitative estimate of drug-likeness (QED) is 0.481. The van der Waals surface area contributed by atoms with Gasteiger partial charge < -0.3 is 10.2 Å². The number of allylic oxidation sites excluding steroid dienone is 3. The van der Waals surface area contributed by atoms with Gasteiger partial charge in [-0.15, -0.1) is 0 Å². The Labute approximate surface area is 156 Å². The minimum atomic E-state index is -2.31. The molecule has 5 heteroatoms. The van der Waals surface area contributed by atoms with Gasteiger partial charge in [0.1, 0.15) is 11.3 Å². The van der Waals surface area contributed by atoms with Crippen molar-refractivity contribution in [3.05, 3.63) is 23.0 Å².